The molecule has 0 bridgehead atoms. The van der Waals surface area contributed by atoms with Crippen molar-refractivity contribution in [2.45, 2.75) is 6.92 Å². The van der Waals surface area contributed by atoms with Crippen LogP contribution in [0.15, 0.2) is 5.38 Å². The van der Waals surface area contributed by atoms with E-state index in [9.17, 15) is 4.79 Å². The van der Waals surface area contributed by atoms with Gasteiger partial charge in [0.15, 0.2) is 0 Å². The molecule has 10 heavy (non-hydrogen) atoms. The first-order valence-electron chi connectivity index (χ1n) is 2.67. The molecule has 0 atom stereocenters. The second-order valence-electron chi connectivity index (χ2n) is 1.73. The number of hydrogen-bond donors (Lipinski definition) is 2. The van der Waals surface area contributed by atoms with Gasteiger partial charge in [0.05, 0.1) is 5.01 Å². The average molecular weight is 157 g/mol. The van der Waals surface area contributed by atoms with E-state index in [4.69, 9.17) is 5.84 Å². The summed E-state index contributed by atoms with van der Waals surface area (Å²) in [7, 11) is 0. The predicted octanol–water partition coefficient (Wildman–Crippen LogP) is 0.0550. The highest BCUT2D eigenvalue weighted by atomic mass is 32.1. The fourth-order valence-electron chi connectivity index (χ4n) is 0.542. The van der Waals surface area contributed by atoms with Crippen LogP contribution in [0.4, 0.5) is 0 Å². The first-order valence-corrected chi connectivity index (χ1v) is 3.55. The van der Waals surface area contributed by atoms with E-state index in [1.165, 1.54) is 11.3 Å². The van der Waals surface area contributed by atoms with Crippen LogP contribution in [-0.4, -0.2) is 10.9 Å². The van der Waals surface area contributed by atoms with Gasteiger partial charge >= 0.3 is 0 Å². The van der Waals surface area contributed by atoms with Crippen molar-refractivity contribution in [3.63, 3.8) is 0 Å². The lowest BCUT2D eigenvalue weighted by molar-refractivity contribution is 0.0949. The number of amides is 1. The Morgan fingerprint density at radius 1 is 1.90 bits per heavy atom. The zero-order valence-electron chi connectivity index (χ0n) is 5.42. The number of nitrogens with one attached hydrogen (secondary N) is 1. The summed E-state index contributed by atoms with van der Waals surface area (Å²) in [5, 5.41) is 2.52. The molecule has 1 heterocycles. The summed E-state index contributed by atoms with van der Waals surface area (Å²) >= 11 is 1.42. The van der Waals surface area contributed by atoms with Gasteiger partial charge in [0.25, 0.3) is 5.91 Å². The number of nitrogens with two attached hydrogens (primary N) is 1. The van der Waals surface area contributed by atoms with Crippen LogP contribution in [0.5, 0.6) is 0 Å². The maximum absolute atomic E-state index is 10.7. The number of hydrogen-bond acceptors (Lipinski definition) is 4. The van der Waals surface area contributed by atoms with Crippen LogP contribution >= 0.6 is 11.3 Å². The maximum Gasteiger partial charge on any atom is 0.284 e. The van der Waals surface area contributed by atoms with Crippen LogP contribution in [0.25, 0.3) is 0 Å². The molecule has 0 aromatic carbocycles. The fraction of sp³-hybridized carbons (Fsp3) is 0.200. The highest BCUT2D eigenvalue weighted by Crippen LogP contribution is 2.06. The van der Waals surface area contributed by atoms with E-state index < -0.39 is 0 Å². The Hall–Kier alpha value is -0.940. The Kier molecular flexibility index (Phi) is 1.98. The zero-order valence-corrected chi connectivity index (χ0v) is 6.23. The normalized spacial score (nSPS) is 9.40. The first-order chi connectivity index (χ1) is 4.74. The van der Waals surface area contributed by atoms with Gasteiger partial charge in [-0.2, -0.15) is 0 Å². The van der Waals surface area contributed by atoms with Gasteiger partial charge in [-0.05, 0) is 6.92 Å². The Labute approximate surface area is 62.0 Å². The highest BCUT2D eigenvalue weighted by Gasteiger charge is 2.05. The molecule has 0 aliphatic heterocycles. The van der Waals surface area contributed by atoms with E-state index in [-0.39, 0.29) is 5.91 Å². The molecule has 5 heteroatoms. The van der Waals surface area contributed by atoms with Gasteiger partial charge in [0, 0.05) is 5.38 Å². The molecule has 0 unspecified atom stereocenters. The highest BCUT2D eigenvalue weighted by molar-refractivity contribution is 7.09. The van der Waals surface area contributed by atoms with Crippen LogP contribution in [0, 0.1) is 6.92 Å². The summed E-state index contributed by atoms with van der Waals surface area (Å²) in [5.74, 6) is 4.54. The third kappa shape index (κ3) is 1.31. The van der Waals surface area contributed by atoms with Crippen molar-refractivity contribution in [3.8, 4) is 0 Å². The Morgan fingerprint density at radius 2 is 2.60 bits per heavy atom. The van der Waals surface area contributed by atoms with Gasteiger partial charge in [-0.25, -0.2) is 10.8 Å². The minimum Gasteiger partial charge on any atom is -0.289 e. The largest absolute Gasteiger partial charge is 0.289 e. The first kappa shape index (κ1) is 7.17. The Morgan fingerprint density at radius 3 is 3.00 bits per heavy atom. The van der Waals surface area contributed by atoms with E-state index in [0.29, 0.717) is 5.69 Å². The SMILES string of the molecule is Cc1nc(C(=O)NN)cs1. The molecule has 1 amide bonds. The second kappa shape index (κ2) is 2.76. The molecule has 0 spiro atoms. The molecule has 0 aliphatic carbocycles. The molecule has 54 valence electrons. The van der Waals surface area contributed by atoms with Crippen LogP contribution in [-0.2, 0) is 0 Å². The number of rotatable bonds is 1. The number of nitrogens with zero attached hydrogens (tertiary/aromatic N) is 1. The Bertz CT molecular complexity index is 245. The van der Waals surface area contributed by atoms with Gasteiger partial charge in [0.1, 0.15) is 5.69 Å². The molecule has 3 N–H and O–H groups in total. The second-order valence-corrected chi connectivity index (χ2v) is 2.79. The van der Waals surface area contributed by atoms with Crippen molar-refractivity contribution in [3.05, 3.63) is 16.1 Å². The van der Waals surface area contributed by atoms with E-state index in [0.717, 1.165) is 5.01 Å². The Balaban J connectivity index is 2.85. The molecular weight excluding hydrogens is 150 g/mol. The van der Waals surface area contributed by atoms with E-state index >= 15 is 0 Å². The quantitative estimate of drug-likeness (QED) is 0.344. The van der Waals surface area contributed by atoms with Crippen molar-refractivity contribution in [2.75, 3.05) is 0 Å². The van der Waals surface area contributed by atoms with Gasteiger partial charge in [-0.3, -0.25) is 10.2 Å². The standard InChI is InChI=1S/C5H7N3OS/c1-3-7-4(2-10-3)5(9)8-6/h2H,6H2,1H3,(H,8,9). The number of carbonyl (C=O) groups excluding carboxylic acids is 1. The lowest BCUT2D eigenvalue weighted by Gasteiger charge is -1.90. The molecule has 0 radical (unpaired) electrons. The minimum atomic E-state index is -0.343. The lowest BCUT2D eigenvalue weighted by atomic mass is 10.5. The molecule has 1 aromatic heterocycles. The van der Waals surface area contributed by atoms with Crippen LogP contribution < -0.4 is 11.3 Å². The van der Waals surface area contributed by atoms with Crippen molar-refractivity contribution in [1.29, 1.82) is 0 Å². The molecule has 0 aliphatic rings. The summed E-state index contributed by atoms with van der Waals surface area (Å²) in [5.41, 5.74) is 2.38. The van der Waals surface area contributed by atoms with Gasteiger partial charge in [-0.1, -0.05) is 0 Å². The summed E-state index contributed by atoms with van der Waals surface area (Å²) < 4.78 is 0. The smallest absolute Gasteiger partial charge is 0.284 e. The number of nitrogen functional groups attached to an aromatic ring is 1. The van der Waals surface area contributed by atoms with Gasteiger partial charge < -0.3 is 0 Å². The van der Waals surface area contributed by atoms with Crippen molar-refractivity contribution in [1.82, 2.24) is 10.4 Å². The summed E-state index contributed by atoms with van der Waals surface area (Å²) in [6.45, 7) is 1.83. The van der Waals surface area contributed by atoms with Crippen LogP contribution in [0.2, 0.25) is 0 Å². The molecule has 1 rings (SSSR count). The van der Waals surface area contributed by atoms with Crippen molar-refractivity contribution >= 4 is 17.2 Å². The van der Waals surface area contributed by atoms with Gasteiger partial charge in [0.2, 0.25) is 0 Å². The number of aryl methyl sites for hydroxylation is 1. The molecule has 0 saturated heterocycles. The summed E-state index contributed by atoms with van der Waals surface area (Å²) in [4.78, 5) is 14.6. The molecule has 0 fully saturated rings. The zero-order chi connectivity index (χ0) is 7.56. The van der Waals surface area contributed by atoms with E-state index in [1.807, 2.05) is 12.3 Å². The minimum absolute atomic E-state index is 0.343. The molecular formula is C5H7N3OS. The average Bonchev–Trinajstić information content (AvgIpc) is 2.34. The number of carbonyl (C=O) groups is 1. The van der Waals surface area contributed by atoms with Crippen LogP contribution in [0.3, 0.4) is 0 Å². The van der Waals surface area contributed by atoms with Gasteiger partial charge in [-0.15, -0.1) is 11.3 Å². The fourth-order valence-corrected chi connectivity index (χ4v) is 1.13. The molecule has 1 aromatic rings. The number of hydrazine groups is 1. The summed E-state index contributed by atoms with van der Waals surface area (Å²) in [6, 6.07) is 0. The van der Waals surface area contributed by atoms with Crippen molar-refractivity contribution < 1.29 is 4.79 Å². The third-order valence-electron chi connectivity index (χ3n) is 0.983. The number of aromatic nitrogens is 1. The van der Waals surface area contributed by atoms with Crippen LogP contribution in [0.1, 0.15) is 15.5 Å². The molecule has 0 saturated carbocycles. The van der Waals surface area contributed by atoms with Crippen molar-refractivity contribution in [2.24, 2.45) is 5.84 Å². The monoisotopic (exact) mass is 157 g/mol. The summed E-state index contributed by atoms with van der Waals surface area (Å²) in [6.07, 6.45) is 0. The van der Waals surface area contributed by atoms with E-state index in [2.05, 4.69) is 4.98 Å². The lowest BCUT2D eigenvalue weighted by Crippen LogP contribution is -2.30. The maximum atomic E-state index is 10.7. The predicted molar refractivity (Wildman–Crippen MR) is 38.5 cm³/mol. The third-order valence-corrected chi connectivity index (χ3v) is 1.76. The topological polar surface area (TPSA) is 68.0 Å². The number of thiazole rings is 1. The molecule has 4 nitrogen and oxygen atoms in total. The van der Waals surface area contributed by atoms with E-state index in [1.54, 1.807) is 5.38 Å².